The van der Waals surface area contributed by atoms with Gasteiger partial charge in [0.1, 0.15) is 0 Å². The molecule has 1 N–H and O–H groups in total. The van der Waals surface area contributed by atoms with Gasteiger partial charge in [0.2, 0.25) is 11.8 Å². The number of halogens is 3. The predicted molar refractivity (Wildman–Crippen MR) is 150 cm³/mol. The van der Waals surface area contributed by atoms with Crippen molar-refractivity contribution in [3.05, 3.63) is 98.9 Å². The Morgan fingerprint density at radius 3 is 2.21 bits per heavy atom. The Balaban J connectivity index is 1.32. The van der Waals surface area contributed by atoms with E-state index in [1.165, 1.54) is 12.1 Å². The third-order valence-electron chi connectivity index (χ3n) is 6.63. The van der Waals surface area contributed by atoms with Gasteiger partial charge in [-0.25, -0.2) is 13.4 Å². The van der Waals surface area contributed by atoms with Crippen LogP contribution in [0.1, 0.15) is 36.8 Å². The molecule has 0 saturated heterocycles. The van der Waals surface area contributed by atoms with Crippen LogP contribution < -0.4 is 5.32 Å². The maximum absolute atomic E-state index is 12.7. The minimum absolute atomic E-state index is 0.0190. The number of sulfone groups is 1. The SMILES string of the molecule is CCS(=O)(=O)c1ccc(CC(=O)Nc2cc(Cl)c(C3(c4ncc(-c5ccc(Cl)cc5)o4)CC3)c(Cl)c2)cc1. The van der Waals surface area contributed by atoms with Gasteiger partial charge < -0.3 is 9.73 Å². The molecule has 38 heavy (non-hydrogen) atoms. The van der Waals surface area contributed by atoms with E-state index in [0.29, 0.717) is 38.0 Å². The van der Waals surface area contributed by atoms with Crippen molar-refractivity contribution >= 4 is 56.2 Å². The Morgan fingerprint density at radius 2 is 1.63 bits per heavy atom. The molecule has 0 atom stereocenters. The molecule has 1 aliphatic carbocycles. The van der Waals surface area contributed by atoms with Crippen molar-refractivity contribution in [1.82, 2.24) is 4.98 Å². The molecule has 1 amide bonds. The molecule has 0 unspecified atom stereocenters. The number of hydrogen-bond acceptors (Lipinski definition) is 5. The molecular weight excluding hydrogens is 567 g/mol. The molecule has 1 fully saturated rings. The number of nitrogens with zero attached hydrogens (tertiary/aromatic N) is 1. The van der Waals surface area contributed by atoms with E-state index >= 15 is 0 Å². The zero-order valence-corrected chi connectivity index (χ0v) is 23.4. The molecule has 196 valence electrons. The number of anilines is 1. The molecule has 0 bridgehead atoms. The molecule has 1 aromatic heterocycles. The number of carbonyl (C=O) groups is 1. The van der Waals surface area contributed by atoms with E-state index in [0.717, 1.165) is 24.0 Å². The van der Waals surface area contributed by atoms with Crippen LogP contribution in [0.5, 0.6) is 0 Å². The summed E-state index contributed by atoms with van der Waals surface area (Å²) in [4.78, 5) is 17.4. The molecular formula is C28H23Cl3N2O4S. The van der Waals surface area contributed by atoms with Crippen molar-refractivity contribution in [1.29, 1.82) is 0 Å². The summed E-state index contributed by atoms with van der Waals surface area (Å²) in [5.74, 6) is 0.902. The van der Waals surface area contributed by atoms with E-state index in [-0.39, 0.29) is 23.0 Å². The van der Waals surface area contributed by atoms with Gasteiger partial charge in [-0.15, -0.1) is 0 Å². The van der Waals surface area contributed by atoms with Crippen molar-refractivity contribution in [2.75, 3.05) is 11.1 Å². The zero-order valence-electron chi connectivity index (χ0n) is 20.3. The molecule has 0 aliphatic heterocycles. The van der Waals surface area contributed by atoms with E-state index < -0.39 is 15.3 Å². The maximum Gasteiger partial charge on any atom is 0.228 e. The average molecular weight is 590 g/mol. The summed E-state index contributed by atoms with van der Waals surface area (Å²) in [5, 5.41) is 4.27. The normalized spacial score (nSPS) is 14.3. The Bertz CT molecular complexity index is 1590. The van der Waals surface area contributed by atoms with Gasteiger partial charge in [-0.2, -0.15) is 0 Å². The number of aromatic nitrogens is 1. The number of carbonyl (C=O) groups excluding carboxylic acids is 1. The lowest BCUT2D eigenvalue weighted by Crippen LogP contribution is -2.16. The lowest BCUT2D eigenvalue weighted by atomic mass is 9.95. The number of amides is 1. The van der Waals surface area contributed by atoms with Crippen molar-refractivity contribution in [2.45, 2.75) is 36.5 Å². The molecule has 6 nitrogen and oxygen atoms in total. The molecule has 3 aromatic carbocycles. The standard InChI is InChI=1S/C28H23Cl3N2O4S/c1-2-38(35,36)21-9-3-17(4-10-21)13-25(34)33-20-14-22(30)26(23(31)15-20)28(11-12-28)27-32-16-24(37-27)18-5-7-19(29)8-6-18/h3-10,14-16H,2,11-13H2,1H3,(H,33,34). The van der Waals surface area contributed by atoms with Crippen LogP contribution in [0.3, 0.4) is 0 Å². The van der Waals surface area contributed by atoms with Gasteiger partial charge in [-0.05, 0) is 66.9 Å². The van der Waals surface area contributed by atoms with Crippen LogP contribution in [0.2, 0.25) is 15.1 Å². The lowest BCUT2D eigenvalue weighted by molar-refractivity contribution is -0.115. The smallest absolute Gasteiger partial charge is 0.228 e. The van der Waals surface area contributed by atoms with Crippen LogP contribution in [0.25, 0.3) is 11.3 Å². The fraction of sp³-hybridized carbons (Fsp3) is 0.214. The highest BCUT2D eigenvalue weighted by atomic mass is 35.5. The van der Waals surface area contributed by atoms with Crippen LogP contribution in [-0.4, -0.2) is 25.1 Å². The van der Waals surface area contributed by atoms with Gasteiger partial charge in [0, 0.05) is 31.9 Å². The summed E-state index contributed by atoms with van der Waals surface area (Å²) < 4.78 is 30.1. The molecule has 10 heteroatoms. The first-order valence-corrected chi connectivity index (χ1v) is 14.7. The summed E-state index contributed by atoms with van der Waals surface area (Å²) in [6.45, 7) is 1.59. The summed E-state index contributed by atoms with van der Waals surface area (Å²) >= 11 is 19.4. The minimum atomic E-state index is -3.29. The molecule has 1 aliphatic rings. The van der Waals surface area contributed by atoms with E-state index in [2.05, 4.69) is 10.3 Å². The van der Waals surface area contributed by atoms with Gasteiger partial charge in [0.05, 0.1) is 28.7 Å². The van der Waals surface area contributed by atoms with E-state index in [9.17, 15) is 13.2 Å². The molecule has 0 radical (unpaired) electrons. The van der Waals surface area contributed by atoms with E-state index in [4.69, 9.17) is 39.2 Å². The fourth-order valence-corrected chi connectivity index (χ4v) is 6.27. The number of rotatable bonds is 8. The molecule has 1 saturated carbocycles. The number of benzene rings is 3. The van der Waals surface area contributed by atoms with Crippen molar-refractivity contribution < 1.29 is 17.6 Å². The van der Waals surface area contributed by atoms with E-state index in [1.54, 1.807) is 49.5 Å². The highest BCUT2D eigenvalue weighted by Gasteiger charge is 2.52. The van der Waals surface area contributed by atoms with Crippen molar-refractivity contribution in [3.8, 4) is 11.3 Å². The first kappa shape index (κ1) is 26.8. The summed E-state index contributed by atoms with van der Waals surface area (Å²) in [7, 11) is -3.29. The van der Waals surface area contributed by atoms with Gasteiger partial charge in [0.15, 0.2) is 15.6 Å². The molecule has 4 aromatic rings. The average Bonchev–Trinajstić information content (AvgIpc) is 3.51. The fourth-order valence-electron chi connectivity index (χ4n) is 4.41. The summed E-state index contributed by atoms with van der Waals surface area (Å²) in [5.41, 5.74) is 2.20. The summed E-state index contributed by atoms with van der Waals surface area (Å²) in [6, 6.07) is 16.9. The van der Waals surface area contributed by atoms with E-state index in [1.807, 2.05) is 12.1 Å². The molecule has 5 rings (SSSR count). The Morgan fingerprint density at radius 1 is 1.00 bits per heavy atom. The first-order valence-electron chi connectivity index (χ1n) is 11.9. The van der Waals surface area contributed by atoms with Crippen LogP contribution in [-0.2, 0) is 26.5 Å². The van der Waals surface area contributed by atoms with Crippen LogP contribution in [0.15, 0.2) is 76.2 Å². The number of nitrogens with one attached hydrogen (secondary N) is 1. The Hall–Kier alpha value is -2.84. The number of hydrogen-bond donors (Lipinski definition) is 1. The summed E-state index contributed by atoms with van der Waals surface area (Å²) in [6.07, 6.45) is 3.31. The van der Waals surface area contributed by atoms with Gasteiger partial charge in [0.25, 0.3) is 0 Å². The van der Waals surface area contributed by atoms with Crippen molar-refractivity contribution in [2.24, 2.45) is 0 Å². The highest BCUT2D eigenvalue weighted by Crippen LogP contribution is 2.57. The molecule has 1 heterocycles. The minimum Gasteiger partial charge on any atom is -0.440 e. The lowest BCUT2D eigenvalue weighted by Gasteiger charge is -2.17. The monoisotopic (exact) mass is 588 g/mol. The number of oxazole rings is 1. The third-order valence-corrected chi connectivity index (χ3v) is 9.22. The van der Waals surface area contributed by atoms with Crippen LogP contribution >= 0.6 is 34.8 Å². The Kier molecular flexibility index (Phi) is 7.31. The Labute approximate surface area is 235 Å². The zero-order chi connectivity index (χ0) is 27.1. The quantitative estimate of drug-likeness (QED) is 0.232. The third kappa shape index (κ3) is 5.34. The maximum atomic E-state index is 12.7. The topological polar surface area (TPSA) is 89.3 Å². The second kappa shape index (κ2) is 10.4. The largest absolute Gasteiger partial charge is 0.440 e. The van der Waals surface area contributed by atoms with Gasteiger partial charge in [-0.1, -0.05) is 53.9 Å². The van der Waals surface area contributed by atoms with Crippen LogP contribution in [0, 0.1) is 0 Å². The van der Waals surface area contributed by atoms with Crippen molar-refractivity contribution in [3.63, 3.8) is 0 Å². The van der Waals surface area contributed by atoms with Crippen LogP contribution in [0.4, 0.5) is 5.69 Å². The first-order chi connectivity index (χ1) is 18.1. The van der Waals surface area contributed by atoms with Gasteiger partial charge >= 0.3 is 0 Å². The second-order valence-electron chi connectivity index (χ2n) is 9.21. The highest BCUT2D eigenvalue weighted by molar-refractivity contribution is 7.91. The van der Waals surface area contributed by atoms with Gasteiger partial charge in [-0.3, -0.25) is 4.79 Å². The predicted octanol–water partition coefficient (Wildman–Crippen LogP) is 7.36. The second-order valence-corrected chi connectivity index (χ2v) is 12.7. The molecule has 0 spiro atoms.